The van der Waals surface area contributed by atoms with Crippen LogP contribution in [0, 0.1) is 0 Å². The molecule has 1 aromatic heterocycles. The molecule has 0 spiro atoms. The van der Waals surface area contributed by atoms with Crippen molar-refractivity contribution in [2.45, 2.75) is 58.0 Å². The molecule has 0 saturated carbocycles. The molecule has 0 bridgehead atoms. The third-order valence-electron chi connectivity index (χ3n) is 4.05. The van der Waals surface area contributed by atoms with E-state index in [1.807, 2.05) is 17.3 Å². The summed E-state index contributed by atoms with van der Waals surface area (Å²) in [6, 6.07) is 0.239. The molecular weight excluding hydrogens is 252 g/mol. The van der Waals surface area contributed by atoms with Crippen molar-refractivity contribution in [3.05, 3.63) is 18.2 Å². The van der Waals surface area contributed by atoms with Crippen LogP contribution in [0.5, 0.6) is 0 Å². The van der Waals surface area contributed by atoms with Gasteiger partial charge in [0.15, 0.2) is 0 Å². The monoisotopic (exact) mass is 278 g/mol. The highest BCUT2D eigenvalue weighted by Gasteiger charge is 2.25. The van der Waals surface area contributed by atoms with E-state index >= 15 is 0 Å². The molecule has 0 unspecified atom stereocenters. The van der Waals surface area contributed by atoms with Crippen molar-refractivity contribution in [3.63, 3.8) is 0 Å². The van der Waals surface area contributed by atoms with Crippen molar-refractivity contribution in [2.24, 2.45) is 5.73 Å². The standard InChI is InChI=1S/C15H26N4O/c1-12(2)15-17-7-10-18(15)9-6-14(20)19-8-4-3-5-13(19)11-16/h7,10,12-13H,3-6,8-9,11,16H2,1-2H3/t13-/m0/s1. The van der Waals surface area contributed by atoms with Gasteiger partial charge in [-0.1, -0.05) is 13.8 Å². The summed E-state index contributed by atoms with van der Waals surface area (Å²) in [6.45, 7) is 6.39. The molecule has 0 aromatic carbocycles. The SMILES string of the molecule is CC(C)c1nccn1CCC(=O)N1CCCC[C@H]1CN. The predicted octanol–water partition coefficient (Wildman–Crippen LogP) is 1.74. The van der Waals surface area contributed by atoms with E-state index in [2.05, 4.69) is 23.4 Å². The smallest absolute Gasteiger partial charge is 0.224 e. The Morgan fingerprint density at radius 2 is 2.30 bits per heavy atom. The first-order valence-corrected chi connectivity index (χ1v) is 7.64. The summed E-state index contributed by atoms with van der Waals surface area (Å²) < 4.78 is 2.09. The summed E-state index contributed by atoms with van der Waals surface area (Å²) in [5, 5.41) is 0. The van der Waals surface area contributed by atoms with Gasteiger partial charge in [-0.2, -0.15) is 0 Å². The lowest BCUT2D eigenvalue weighted by Gasteiger charge is -2.35. The molecule has 2 heterocycles. The Morgan fingerprint density at radius 1 is 1.50 bits per heavy atom. The minimum Gasteiger partial charge on any atom is -0.338 e. The number of piperidine rings is 1. The molecule has 112 valence electrons. The van der Waals surface area contributed by atoms with Crippen LogP contribution >= 0.6 is 0 Å². The Balaban J connectivity index is 1.92. The van der Waals surface area contributed by atoms with Crippen molar-refractivity contribution >= 4 is 5.91 Å². The van der Waals surface area contributed by atoms with Crippen molar-refractivity contribution in [1.29, 1.82) is 0 Å². The lowest BCUT2D eigenvalue weighted by Crippen LogP contribution is -2.47. The maximum atomic E-state index is 12.4. The Bertz CT molecular complexity index is 441. The largest absolute Gasteiger partial charge is 0.338 e. The second-order valence-electron chi connectivity index (χ2n) is 5.86. The topological polar surface area (TPSA) is 64.2 Å². The number of rotatable bonds is 5. The lowest BCUT2D eigenvalue weighted by molar-refractivity contribution is -0.134. The van der Waals surface area contributed by atoms with E-state index in [-0.39, 0.29) is 11.9 Å². The summed E-state index contributed by atoms with van der Waals surface area (Å²) >= 11 is 0. The van der Waals surface area contributed by atoms with Crippen LogP contribution in [0.4, 0.5) is 0 Å². The summed E-state index contributed by atoms with van der Waals surface area (Å²) in [5.41, 5.74) is 5.78. The molecule has 1 aliphatic heterocycles. The van der Waals surface area contributed by atoms with Crippen LogP contribution in [0.25, 0.3) is 0 Å². The summed E-state index contributed by atoms with van der Waals surface area (Å²) in [4.78, 5) is 18.7. The fourth-order valence-electron chi connectivity index (χ4n) is 2.94. The third-order valence-corrected chi connectivity index (χ3v) is 4.05. The quantitative estimate of drug-likeness (QED) is 0.892. The molecule has 20 heavy (non-hydrogen) atoms. The van der Waals surface area contributed by atoms with Crippen molar-refractivity contribution in [2.75, 3.05) is 13.1 Å². The molecule has 1 saturated heterocycles. The zero-order chi connectivity index (χ0) is 14.5. The molecule has 1 amide bonds. The molecule has 2 rings (SSSR count). The summed E-state index contributed by atoms with van der Waals surface area (Å²) in [5.74, 6) is 1.65. The Kier molecular flexibility index (Phi) is 5.17. The third kappa shape index (κ3) is 3.39. The van der Waals surface area contributed by atoms with E-state index in [1.54, 1.807) is 0 Å². The van der Waals surface area contributed by atoms with Crippen LogP contribution in [0.2, 0.25) is 0 Å². The van der Waals surface area contributed by atoms with Crippen LogP contribution < -0.4 is 5.73 Å². The molecule has 0 radical (unpaired) electrons. The van der Waals surface area contributed by atoms with Crippen molar-refractivity contribution in [1.82, 2.24) is 14.5 Å². The molecular formula is C15H26N4O. The lowest BCUT2D eigenvalue weighted by atomic mass is 10.0. The Labute approximate surface area is 121 Å². The predicted molar refractivity (Wildman–Crippen MR) is 79.3 cm³/mol. The van der Waals surface area contributed by atoms with Crippen molar-refractivity contribution in [3.8, 4) is 0 Å². The molecule has 1 aromatic rings. The maximum Gasteiger partial charge on any atom is 0.224 e. The first kappa shape index (κ1) is 15.0. The molecule has 5 heteroatoms. The number of likely N-dealkylation sites (tertiary alicyclic amines) is 1. The minimum absolute atomic E-state index is 0.226. The van der Waals surface area contributed by atoms with Crippen LogP contribution in [-0.2, 0) is 11.3 Å². The fourth-order valence-corrected chi connectivity index (χ4v) is 2.94. The maximum absolute atomic E-state index is 12.4. The number of hydrogen-bond donors (Lipinski definition) is 1. The molecule has 1 fully saturated rings. The molecule has 1 aliphatic rings. The molecule has 1 atom stereocenters. The van der Waals surface area contributed by atoms with E-state index in [0.717, 1.165) is 25.2 Å². The number of aryl methyl sites for hydroxylation is 1. The van der Waals surface area contributed by atoms with E-state index in [4.69, 9.17) is 5.73 Å². The molecule has 2 N–H and O–H groups in total. The number of carbonyl (C=O) groups is 1. The highest BCUT2D eigenvalue weighted by molar-refractivity contribution is 5.76. The van der Waals surface area contributed by atoms with E-state index < -0.39 is 0 Å². The summed E-state index contributed by atoms with van der Waals surface area (Å²) in [6.07, 6.45) is 7.63. The number of nitrogens with two attached hydrogens (primary N) is 1. The highest BCUT2D eigenvalue weighted by atomic mass is 16.2. The summed E-state index contributed by atoms with van der Waals surface area (Å²) in [7, 11) is 0. The number of aromatic nitrogens is 2. The molecule has 0 aliphatic carbocycles. The second-order valence-corrected chi connectivity index (χ2v) is 5.86. The van der Waals surface area contributed by atoms with Gasteiger partial charge in [-0.05, 0) is 19.3 Å². The number of imidazole rings is 1. The number of amides is 1. The first-order chi connectivity index (χ1) is 9.63. The molecule has 5 nitrogen and oxygen atoms in total. The Hall–Kier alpha value is -1.36. The Morgan fingerprint density at radius 3 is 3.00 bits per heavy atom. The highest BCUT2D eigenvalue weighted by Crippen LogP contribution is 2.18. The van der Waals surface area contributed by atoms with Gasteiger partial charge in [-0.3, -0.25) is 4.79 Å². The van der Waals surface area contributed by atoms with Gasteiger partial charge >= 0.3 is 0 Å². The normalized spacial score (nSPS) is 19.6. The van der Waals surface area contributed by atoms with Gasteiger partial charge in [0.05, 0.1) is 0 Å². The van der Waals surface area contributed by atoms with Gasteiger partial charge in [0, 0.05) is 50.4 Å². The average molecular weight is 278 g/mol. The van der Waals surface area contributed by atoms with Crippen LogP contribution in [0.15, 0.2) is 12.4 Å². The van der Waals surface area contributed by atoms with Gasteiger partial charge < -0.3 is 15.2 Å². The van der Waals surface area contributed by atoms with Crippen LogP contribution in [0.1, 0.15) is 51.3 Å². The second kappa shape index (κ2) is 6.88. The van der Waals surface area contributed by atoms with Gasteiger partial charge in [0.1, 0.15) is 5.82 Å². The van der Waals surface area contributed by atoms with Gasteiger partial charge in [0.2, 0.25) is 5.91 Å². The van der Waals surface area contributed by atoms with E-state index in [1.165, 1.54) is 6.42 Å². The number of nitrogens with zero attached hydrogens (tertiary/aromatic N) is 3. The minimum atomic E-state index is 0.226. The fraction of sp³-hybridized carbons (Fsp3) is 0.733. The zero-order valence-corrected chi connectivity index (χ0v) is 12.6. The van der Waals surface area contributed by atoms with Crippen molar-refractivity contribution < 1.29 is 4.79 Å². The number of hydrogen-bond acceptors (Lipinski definition) is 3. The van der Waals surface area contributed by atoms with E-state index in [0.29, 0.717) is 25.4 Å². The number of carbonyl (C=O) groups excluding carboxylic acids is 1. The zero-order valence-electron chi connectivity index (χ0n) is 12.6. The van der Waals surface area contributed by atoms with E-state index in [9.17, 15) is 4.79 Å². The van der Waals surface area contributed by atoms with Crippen LogP contribution in [0.3, 0.4) is 0 Å². The van der Waals surface area contributed by atoms with Gasteiger partial charge in [-0.25, -0.2) is 4.98 Å². The van der Waals surface area contributed by atoms with Crippen LogP contribution in [-0.4, -0.2) is 39.5 Å². The van der Waals surface area contributed by atoms with Gasteiger partial charge in [-0.15, -0.1) is 0 Å². The first-order valence-electron chi connectivity index (χ1n) is 7.64. The van der Waals surface area contributed by atoms with Gasteiger partial charge in [0.25, 0.3) is 0 Å². The average Bonchev–Trinajstić information content (AvgIpc) is 2.93.